The summed E-state index contributed by atoms with van der Waals surface area (Å²) >= 11 is 0. The molecule has 0 saturated carbocycles. The van der Waals surface area contributed by atoms with Crippen LogP contribution in [-0.2, 0) is 43.1 Å². The Bertz CT molecular complexity index is 952. The standard InChI is InChI=1S/C26H30N2O4/c1-25(17-27-15-13-19-7-3-5-9-21(19)25)31-23(29)11-12-24(30)32-26(2)18-28-16-14-20-8-4-6-10-22(20)26/h3-12,27-28H,13-18H2,1-2H3/b12-11+. The van der Waals surface area contributed by atoms with Gasteiger partial charge in [0.1, 0.15) is 11.2 Å². The third kappa shape index (κ3) is 4.76. The first-order chi connectivity index (χ1) is 15.4. The second kappa shape index (κ2) is 9.27. The van der Waals surface area contributed by atoms with Gasteiger partial charge in [-0.15, -0.1) is 0 Å². The van der Waals surface area contributed by atoms with Crippen LogP contribution in [0.15, 0.2) is 60.7 Å². The van der Waals surface area contributed by atoms with Crippen molar-refractivity contribution in [2.45, 2.75) is 37.9 Å². The Balaban J connectivity index is 1.45. The summed E-state index contributed by atoms with van der Waals surface area (Å²) in [6.45, 7) is 6.44. The fourth-order valence-electron chi connectivity index (χ4n) is 4.63. The molecule has 0 saturated heterocycles. The first kappa shape index (κ1) is 22.2. The Labute approximate surface area is 189 Å². The van der Waals surface area contributed by atoms with E-state index in [9.17, 15) is 9.59 Å². The van der Waals surface area contributed by atoms with Gasteiger partial charge in [0, 0.05) is 25.2 Å². The third-order valence-corrected chi connectivity index (χ3v) is 6.25. The number of hydrogen-bond donors (Lipinski definition) is 2. The molecule has 0 aliphatic carbocycles. The fraction of sp³-hybridized carbons (Fsp3) is 0.385. The van der Waals surface area contributed by atoms with Crippen molar-refractivity contribution < 1.29 is 19.1 Å². The highest BCUT2D eigenvalue weighted by molar-refractivity contribution is 5.92. The number of ether oxygens (including phenoxy) is 2. The molecule has 0 fully saturated rings. The summed E-state index contributed by atoms with van der Waals surface area (Å²) in [6, 6.07) is 16.0. The molecule has 6 heteroatoms. The molecule has 168 valence electrons. The van der Waals surface area contributed by atoms with Crippen LogP contribution in [0, 0.1) is 0 Å². The van der Waals surface area contributed by atoms with Crippen LogP contribution in [-0.4, -0.2) is 38.1 Å². The van der Waals surface area contributed by atoms with Gasteiger partial charge >= 0.3 is 11.9 Å². The predicted octanol–water partition coefficient (Wildman–Crippen LogP) is 2.75. The van der Waals surface area contributed by atoms with Crippen molar-refractivity contribution in [3.8, 4) is 0 Å². The lowest BCUT2D eigenvalue weighted by Gasteiger charge is -2.30. The van der Waals surface area contributed by atoms with Crippen molar-refractivity contribution in [1.29, 1.82) is 0 Å². The van der Waals surface area contributed by atoms with E-state index in [1.807, 2.05) is 50.2 Å². The van der Waals surface area contributed by atoms with E-state index in [4.69, 9.17) is 9.47 Å². The van der Waals surface area contributed by atoms with Crippen LogP contribution < -0.4 is 10.6 Å². The molecule has 2 aliphatic heterocycles. The van der Waals surface area contributed by atoms with Crippen LogP contribution in [0.4, 0.5) is 0 Å². The van der Waals surface area contributed by atoms with E-state index in [0.717, 1.165) is 60.3 Å². The smallest absolute Gasteiger partial charge is 0.331 e. The Morgan fingerprint density at radius 3 is 1.59 bits per heavy atom. The molecular weight excluding hydrogens is 404 g/mol. The van der Waals surface area contributed by atoms with Gasteiger partial charge in [-0.2, -0.15) is 0 Å². The molecular formula is C26H30N2O4. The summed E-state index contributed by atoms with van der Waals surface area (Å²) in [5.41, 5.74) is 2.67. The zero-order valence-corrected chi connectivity index (χ0v) is 18.6. The molecule has 0 bridgehead atoms. The maximum absolute atomic E-state index is 12.6. The van der Waals surface area contributed by atoms with Crippen molar-refractivity contribution >= 4 is 11.9 Å². The second-order valence-electron chi connectivity index (χ2n) is 8.81. The lowest BCUT2D eigenvalue weighted by Crippen LogP contribution is -2.39. The molecule has 2 aromatic carbocycles. The molecule has 0 aromatic heterocycles. The quantitative estimate of drug-likeness (QED) is 0.569. The number of esters is 2. The van der Waals surface area contributed by atoms with Gasteiger partial charge in [-0.05, 0) is 62.0 Å². The molecule has 0 amide bonds. The molecule has 2 N–H and O–H groups in total. The highest BCUT2D eigenvalue weighted by atomic mass is 16.6. The second-order valence-corrected chi connectivity index (χ2v) is 8.81. The average Bonchev–Trinajstić information content (AvgIpc) is 3.05. The minimum Gasteiger partial charge on any atom is -0.450 e. The predicted molar refractivity (Wildman–Crippen MR) is 122 cm³/mol. The van der Waals surface area contributed by atoms with E-state index in [1.165, 1.54) is 0 Å². The zero-order valence-electron chi connectivity index (χ0n) is 18.6. The third-order valence-electron chi connectivity index (χ3n) is 6.25. The van der Waals surface area contributed by atoms with E-state index >= 15 is 0 Å². The first-order valence-corrected chi connectivity index (χ1v) is 11.1. The maximum Gasteiger partial charge on any atom is 0.331 e. The van der Waals surface area contributed by atoms with E-state index in [0.29, 0.717) is 13.1 Å². The number of hydrogen-bond acceptors (Lipinski definition) is 6. The molecule has 2 heterocycles. The highest BCUT2D eigenvalue weighted by Gasteiger charge is 2.35. The van der Waals surface area contributed by atoms with Crippen LogP contribution in [0.25, 0.3) is 0 Å². The SMILES string of the molecule is CC1(OC(=O)/C=C/C(=O)OC2(C)CNCCc3ccccc32)CNCCc2ccccc21. The Morgan fingerprint density at radius 1 is 0.750 bits per heavy atom. The lowest BCUT2D eigenvalue weighted by molar-refractivity contribution is -0.155. The lowest BCUT2D eigenvalue weighted by atomic mass is 9.91. The minimum atomic E-state index is -0.811. The maximum atomic E-state index is 12.6. The summed E-state index contributed by atoms with van der Waals surface area (Å²) in [6.07, 6.45) is 4.06. The average molecular weight is 435 g/mol. The molecule has 2 unspecified atom stereocenters. The van der Waals surface area contributed by atoms with Crippen molar-refractivity contribution in [1.82, 2.24) is 10.6 Å². The largest absolute Gasteiger partial charge is 0.450 e. The van der Waals surface area contributed by atoms with Crippen molar-refractivity contribution in [2.75, 3.05) is 26.2 Å². The topological polar surface area (TPSA) is 76.7 Å². The summed E-state index contributed by atoms with van der Waals surface area (Å²) in [5, 5.41) is 6.66. The van der Waals surface area contributed by atoms with Gasteiger partial charge in [0.2, 0.25) is 0 Å². The number of rotatable bonds is 4. The summed E-state index contributed by atoms with van der Waals surface area (Å²) in [5.74, 6) is -1.15. The van der Waals surface area contributed by atoms with Gasteiger partial charge < -0.3 is 20.1 Å². The van der Waals surface area contributed by atoms with Gasteiger partial charge in [0.05, 0.1) is 0 Å². The zero-order chi connectivity index (χ0) is 22.6. The summed E-state index contributed by atoms with van der Waals surface area (Å²) < 4.78 is 11.6. The molecule has 32 heavy (non-hydrogen) atoms. The monoisotopic (exact) mass is 434 g/mol. The minimum absolute atomic E-state index is 0.508. The van der Waals surface area contributed by atoms with Gasteiger partial charge in [-0.1, -0.05) is 48.5 Å². The van der Waals surface area contributed by atoms with Crippen molar-refractivity contribution in [2.24, 2.45) is 0 Å². The molecule has 6 nitrogen and oxygen atoms in total. The molecule has 0 spiro atoms. The molecule has 4 rings (SSSR count). The molecule has 2 atom stereocenters. The van der Waals surface area contributed by atoms with Gasteiger partial charge in [-0.3, -0.25) is 0 Å². The van der Waals surface area contributed by atoms with Crippen LogP contribution in [0.1, 0.15) is 36.1 Å². The van der Waals surface area contributed by atoms with Crippen LogP contribution in [0.3, 0.4) is 0 Å². The molecule has 0 radical (unpaired) electrons. The number of carbonyl (C=O) groups excluding carboxylic acids is 2. The van der Waals surface area contributed by atoms with Crippen LogP contribution >= 0.6 is 0 Å². The molecule has 2 aliphatic rings. The number of carbonyl (C=O) groups is 2. The first-order valence-electron chi connectivity index (χ1n) is 11.1. The van der Waals surface area contributed by atoms with E-state index in [1.54, 1.807) is 0 Å². The Kier molecular flexibility index (Phi) is 6.44. The van der Waals surface area contributed by atoms with Gasteiger partial charge in [-0.25, -0.2) is 9.59 Å². The Hall–Kier alpha value is -2.96. The number of nitrogens with one attached hydrogen (secondary N) is 2. The summed E-state index contributed by atoms with van der Waals surface area (Å²) in [4.78, 5) is 25.2. The van der Waals surface area contributed by atoms with Crippen molar-refractivity contribution in [3.63, 3.8) is 0 Å². The summed E-state index contributed by atoms with van der Waals surface area (Å²) in [7, 11) is 0. The van der Waals surface area contributed by atoms with Crippen LogP contribution in [0.2, 0.25) is 0 Å². The van der Waals surface area contributed by atoms with Crippen LogP contribution in [0.5, 0.6) is 0 Å². The van der Waals surface area contributed by atoms with Gasteiger partial charge in [0.25, 0.3) is 0 Å². The highest BCUT2D eigenvalue weighted by Crippen LogP contribution is 2.31. The number of fused-ring (bicyclic) bond motifs is 2. The van der Waals surface area contributed by atoms with Crippen molar-refractivity contribution in [3.05, 3.63) is 82.9 Å². The fourth-order valence-corrected chi connectivity index (χ4v) is 4.63. The van der Waals surface area contributed by atoms with E-state index < -0.39 is 23.1 Å². The normalized spacial score (nSPS) is 25.2. The molecule has 2 aromatic rings. The van der Waals surface area contributed by atoms with E-state index in [2.05, 4.69) is 22.8 Å². The number of benzene rings is 2. The van der Waals surface area contributed by atoms with Gasteiger partial charge in [0.15, 0.2) is 0 Å². The Morgan fingerprint density at radius 2 is 1.16 bits per heavy atom. The van der Waals surface area contributed by atoms with E-state index in [-0.39, 0.29) is 0 Å².